The minimum atomic E-state index is -0.450. The molecule has 10 heavy (non-hydrogen) atoms. The van der Waals surface area contributed by atoms with E-state index in [0.717, 1.165) is 0 Å². The second kappa shape index (κ2) is 6.36. The van der Waals surface area contributed by atoms with Crippen LogP contribution in [0, 0.1) is 0 Å². The first-order valence-corrected chi connectivity index (χ1v) is 3.44. The van der Waals surface area contributed by atoms with Crippen LogP contribution in [-0.4, -0.2) is 5.54 Å². The summed E-state index contributed by atoms with van der Waals surface area (Å²) in [7, 11) is 0. The van der Waals surface area contributed by atoms with Crippen LogP contribution in [0.5, 0.6) is 0 Å². The Labute approximate surface area is 63.6 Å². The standard InChI is InChI=1S/C6H12N2.C2H6/c1-3-6(2,8)4-5-7;1-2/h3-5H,1,7-8H2,2H3;1-2H3/b5-4-;. The van der Waals surface area contributed by atoms with E-state index < -0.39 is 5.54 Å². The van der Waals surface area contributed by atoms with Gasteiger partial charge in [-0.1, -0.05) is 19.9 Å². The van der Waals surface area contributed by atoms with Crippen molar-refractivity contribution in [2.24, 2.45) is 11.5 Å². The molecule has 0 aliphatic heterocycles. The highest BCUT2D eigenvalue weighted by Crippen LogP contribution is 1.99. The molecular weight excluding hydrogens is 124 g/mol. The van der Waals surface area contributed by atoms with Crippen molar-refractivity contribution in [1.82, 2.24) is 0 Å². The van der Waals surface area contributed by atoms with Gasteiger partial charge >= 0.3 is 0 Å². The summed E-state index contributed by atoms with van der Waals surface area (Å²) in [4.78, 5) is 0. The lowest BCUT2D eigenvalue weighted by molar-refractivity contribution is 0.735. The first-order valence-electron chi connectivity index (χ1n) is 3.44. The topological polar surface area (TPSA) is 52.0 Å². The van der Waals surface area contributed by atoms with Crippen LogP contribution in [0.25, 0.3) is 0 Å². The van der Waals surface area contributed by atoms with Crippen molar-refractivity contribution < 1.29 is 0 Å². The summed E-state index contributed by atoms with van der Waals surface area (Å²) in [6, 6.07) is 0. The highest BCUT2D eigenvalue weighted by Gasteiger charge is 2.05. The maximum absolute atomic E-state index is 5.54. The zero-order chi connectivity index (χ0) is 8.62. The van der Waals surface area contributed by atoms with Crippen molar-refractivity contribution in [2.75, 3.05) is 0 Å². The van der Waals surface area contributed by atoms with Gasteiger partial charge in [-0.3, -0.25) is 0 Å². The molecule has 2 heteroatoms. The lowest BCUT2D eigenvalue weighted by Gasteiger charge is -2.11. The van der Waals surface area contributed by atoms with Gasteiger partial charge < -0.3 is 11.5 Å². The first-order chi connectivity index (χ1) is 4.62. The fourth-order valence-electron chi connectivity index (χ4n) is 0.275. The van der Waals surface area contributed by atoms with Gasteiger partial charge in [0.05, 0.1) is 5.54 Å². The Kier molecular flexibility index (Phi) is 7.61. The molecule has 0 aromatic carbocycles. The molecule has 2 nitrogen and oxygen atoms in total. The molecule has 0 rings (SSSR count). The SMILES string of the molecule is C=CC(C)(N)/C=C\N.CC. The van der Waals surface area contributed by atoms with Gasteiger partial charge in [-0.05, 0) is 19.2 Å². The Morgan fingerprint density at radius 3 is 1.90 bits per heavy atom. The average Bonchev–Trinajstić information content (AvgIpc) is 1.93. The molecule has 0 aliphatic rings. The predicted octanol–water partition coefficient (Wildman–Crippen LogP) is 1.39. The van der Waals surface area contributed by atoms with E-state index >= 15 is 0 Å². The van der Waals surface area contributed by atoms with Gasteiger partial charge in [-0.2, -0.15) is 0 Å². The second-order valence-corrected chi connectivity index (χ2v) is 1.93. The summed E-state index contributed by atoms with van der Waals surface area (Å²) in [5.74, 6) is 0. The van der Waals surface area contributed by atoms with Gasteiger partial charge in [-0.25, -0.2) is 0 Å². The quantitative estimate of drug-likeness (QED) is 0.572. The summed E-state index contributed by atoms with van der Waals surface area (Å²) >= 11 is 0. The van der Waals surface area contributed by atoms with Gasteiger partial charge in [0.2, 0.25) is 0 Å². The summed E-state index contributed by atoms with van der Waals surface area (Å²) < 4.78 is 0. The number of nitrogens with two attached hydrogens (primary N) is 2. The van der Waals surface area contributed by atoms with Gasteiger partial charge in [0.25, 0.3) is 0 Å². The Bertz CT molecular complexity index is 104. The van der Waals surface area contributed by atoms with Crippen LogP contribution < -0.4 is 11.5 Å². The van der Waals surface area contributed by atoms with E-state index in [9.17, 15) is 0 Å². The molecule has 0 radical (unpaired) electrons. The smallest absolute Gasteiger partial charge is 0.0510 e. The Morgan fingerprint density at radius 1 is 1.40 bits per heavy atom. The van der Waals surface area contributed by atoms with E-state index in [0.29, 0.717) is 0 Å². The molecule has 0 amide bonds. The monoisotopic (exact) mass is 142 g/mol. The molecule has 0 aliphatic carbocycles. The zero-order valence-electron chi connectivity index (χ0n) is 7.09. The summed E-state index contributed by atoms with van der Waals surface area (Å²) in [5, 5.41) is 0. The fraction of sp³-hybridized carbons (Fsp3) is 0.500. The van der Waals surface area contributed by atoms with Crippen LogP contribution in [0.15, 0.2) is 24.9 Å². The zero-order valence-corrected chi connectivity index (χ0v) is 7.09. The lowest BCUT2D eigenvalue weighted by atomic mass is 10.1. The van der Waals surface area contributed by atoms with Crippen LogP contribution in [0.3, 0.4) is 0 Å². The molecule has 0 fully saturated rings. The summed E-state index contributed by atoms with van der Waals surface area (Å²) in [6.07, 6.45) is 4.73. The average molecular weight is 142 g/mol. The minimum Gasteiger partial charge on any atom is -0.405 e. The van der Waals surface area contributed by atoms with Gasteiger partial charge in [0.1, 0.15) is 0 Å². The van der Waals surface area contributed by atoms with Crippen LogP contribution in [-0.2, 0) is 0 Å². The maximum Gasteiger partial charge on any atom is 0.0510 e. The van der Waals surface area contributed by atoms with E-state index in [1.54, 1.807) is 12.2 Å². The van der Waals surface area contributed by atoms with E-state index in [-0.39, 0.29) is 0 Å². The van der Waals surface area contributed by atoms with Crippen LogP contribution in [0.1, 0.15) is 20.8 Å². The maximum atomic E-state index is 5.54. The van der Waals surface area contributed by atoms with Crippen molar-refractivity contribution in [1.29, 1.82) is 0 Å². The normalized spacial score (nSPS) is 15.2. The van der Waals surface area contributed by atoms with Crippen molar-refractivity contribution >= 4 is 0 Å². The molecule has 0 heterocycles. The van der Waals surface area contributed by atoms with E-state index in [1.165, 1.54) is 6.20 Å². The molecule has 1 unspecified atom stereocenters. The van der Waals surface area contributed by atoms with E-state index in [1.807, 2.05) is 20.8 Å². The van der Waals surface area contributed by atoms with Crippen LogP contribution in [0.2, 0.25) is 0 Å². The third-order valence-corrected chi connectivity index (χ3v) is 0.895. The van der Waals surface area contributed by atoms with Crippen molar-refractivity contribution in [3.8, 4) is 0 Å². The van der Waals surface area contributed by atoms with Crippen LogP contribution >= 0.6 is 0 Å². The lowest BCUT2D eigenvalue weighted by Crippen LogP contribution is -2.30. The third-order valence-electron chi connectivity index (χ3n) is 0.895. The van der Waals surface area contributed by atoms with Crippen LogP contribution in [0.4, 0.5) is 0 Å². The van der Waals surface area contributed by atoms with Gasteiger partial charge in [-0.15, -0.1) is 6.58 Å². The Morgan fingerprint density at radius 2 is 1.80 bits per heavy atom. The summed E-state index contributed by atoms with van der Waals surface area (Å²) in [6.45, 7) is 9.34. The van der Waals surface area contributed by atoms with Crippen molar-refractivity contribution in [2.45, 2.75) is 26.3 Å². The predicted molar refractivity (Wildman–Crippen MR) is 47.5 cm³/mol. The highest BCUT2D eigenvalue weighted by atomic mass is 14.7. The second-order valence-electron chi connectivity index (χ2n) is 1.93. The van der Waals surface area contributed by atoms with E-state index in [2.05, 4.69) is 6.58 Å². The van der Waals surface area contributed by atoms with Gasteiger partial charge in [0, 0.05) is 0 Å². The molecule has 1 atom stereocenters. The van der Waals surface area contributed by atoms with E-state index in [4.69, 9.17) is 11.5 Å². The first kappa shape index (κ1) is 12.0. The Hall–Kier alpha value is -0.760. The molecule has 0 saturated heterocycles. The highest BCUT2D eigenvalue weighted by molar-refractivity contribution is 5.10. The number of hydrogen-bond acceptors (Lipinski definition) is 2. The molecule has 0 spiro atoms. The summed E-state index contributed by atoms with van der Waals surface area (Å²) in [5.41, 5.74) is 10.2. The molecule has 60 valence electrons. The molecule has 0 aromatic heterocycles. The van der Waals surface area contributed by atoms with Crippen molar-refractivity contribution in [3.63, 3.8) is 0 Å². The molecule has 0 bridgehead atoms. The van der Waals surface area contributed by atoms with Crippen molar-refractivity contribution in [3.05, 3.63) is 24.9 Å². The molecule has 0 aromatic rings. The Balaban J connectivity index is 0. The molecular formula is C8H18N2. The number of rotatable bonds is 2. The number of hydrogen-bond donors (Lipinski definition) is 2. The third kappa shape index (κ3) is 7.24. The minimum absolute atomic E-state index is 0.450. The van der Waals surface area contributed by atoms with Gasteiger partial charge in [0.15, 0.2) is 0 Å². The largest absolute Gasteiger partial charge is 0.405 e. The molecule has 0 saturated carbocycles. The fourth-order valence-corrected chi connectivity index (χ4v) is 0.275. The molecule has 4 N–H and O–H groups in total.